The van der Waals surface area contributed by atoms with Gasteiger partial charge in [0.2, 0.25) is 11.8 Å². The second-order valence-corrected chi connectivity index (χ2v) is 5.86. The average Bonchev–Trinajstić information content (AvgIpc) is 2.87. The molecule has 134 valence electrons. The zero-order valence-electron chi connectivity index (χ0n) is 13.9. The summed E-state index contributed by atoms with van der Waals surface area (Å²) < 4.78 is 5.17. The quantitative estimate of drug-likeness (QED) is 0.428. The number of carbonyl (C=O) groups is 4. The van der Waals surface area contributed by atoms with Gasteiger partial charge in [-0.15, -0.1) is 6.42 Å². The van der Waals surface area contributed by atoms with Crippen LogP contribution in [-0.2, 0) is 14.3 Å². The van der Waals surface area contributed by atoms with Gasteiger partial charge in [-0.05, 0) is 18.6 Å². The largest absolute Gasteiger partial charge is 0.382 e. The first-order chi connectivity index (χ1) is 12.5. The van der Waals surface area contributed by atoms with Crippen LogP contribution >= 0.6 is 0 Å². The first-order valence-electron chi connectivity index (χ1n) is 8.14. The molecule has 4 amide bonds. The fourth-order valence-electron chi connectivity index (χ4n) is 3.05. The van der Waals surface area contributed by atoms with Gasteiger partial charge in [0.15, 0.2) is 0 Å². The van der Waals surface area contributed by atoms with Gasteiger partial charge in [0, 0.05) is 18.7 Å². The Labute approximate surface area is 149 Å². The van der Waals surface area contributed by atoms with Crippen LogP contribution in [0.4, 0.5) is 5.69 Å². The average molecular weight is 355 g/mol. The van der Waals surface area contributed by atoms with Crippen LogP contribution in [0.1, 0.15) is 33.6 Å². The van der Waals surface area contributed by atoms with Crippen molar-refractivity contribution in [3.8, 4) is 12.3 Å². The number of hydrogen-bond donors (Lipinski definition) is 2. The van der Waals surface area contributed by atoms with Crippen molar-refractivity contribution in [1.82, 2.24) is 10.2 Å². The summed E-state index contributed by atoms with van der Waals surface area (Å²) in [4.78, 5) is 49.8. The standard InChI is InChI=1S/C18H17N3O5/c1-2-9-26-10-8-19-12-5-3-4-11-15(12)18(25)21(17(11)24)13-6-7-14(22)20-16(13)23/h1,3-5,13,19H,6-10H2,(H,20,22,23). The highest BCUT2D eigenvalue weighted by molar-refractivity contribution is 6.25. The van der Waals surface area contributed by atoms with Crippen LogP contribution in [0, 0.1) is 12.3 Å². The van der Waals surface area contributed by atoms with E-state index in [1.807, 2.05) is 0 Å². The highest BCUT2D eigenvalue weighted by atomic mass is 16.5. The Morgan fingerprint density at radius 3 is 2.81 bits per heavy atom. The monoisotopic (exact) mass is 355 g/mol. The molecule has 2 aliphatic rings. The van der Waals surface area contributed by atoms with Gasteiger partial charge in [0.1, 0.15) is 12.6 Å². The molecule has 0 aliphatic carbocycles. The number of ether oxygens (including phenoxy) is 1. The van der Waals surface area contributed by atoms with Gasteiger partial charge < -0.3 is 10.1 Å². The topological polar surface area (TPSA) is 105 Å². The number of rotatable bonds is 6. The number of fused-ring (bicyclic) bond motifs is 1. The van der Waals surface area contributed by atoms with Crippen LogP contribution in [0.2, 0.25) is 0 Å². The van der Waals surface area contributed by atoms with Crippen LogP contribution in [0.3, 0.4) is 0 Å². The van der Waals surface area contributed by atoms with E-state index in [0.29, 0.717) is 18.8 Å². The Balaban J connectivity index is 1.79. The Kier molecular flexibility index (Phi) is 5.00. The second-order valence-electron chi connectivity index (χ2n) is 5.86. The Morgan fingerprint density at radius 2 is 2.08 bits per heavy atom. The highest BCUT2D eigenvalue weighted by Gasteiger charge is 2.45. The minimum atomic E-state index is -0.980. The van der Waals surface area contributed by atoms with Crippen molar-refractivity contribution < 1.29 is 23.9 Å². The van der Waals surface area contributed by atoms with E-state index in [1.165, 1.54) is 0 Å². The molecule has 1 aromatic rings. The fourth-order valence-corrected chi connectivity index (χ4v) is 3.05. The molecule has 0 aromatic heterocycles. The van der Waals surface area contributed by atoms with Crippen molar-refractivity contribution in [3.63, 3.8) is 0 Å². The molecule has 2 N–H and O–H groups in total. The number of carbonyl (C=O) groups excluding carboxylic acids is 4. The second kappa shape index (κ2) is 7.37. The van der Waals surface area contributed by atoms with Crippen molar-refractivity contribution in [2.75, 3.05) is 25.1 Å². The van der Waals surface area contributed by atoms with Crippen molar-refractivity contribution in [2.24, 2.45) is 0 Å². The summed E-state index contributed by atoms with van der Waals surface area (Å²) >= 11 is 0. The lowest BCUT2D eigenvalue weighted by molar-refractivity contribution is -0.136. The highest BCUT2D eigenvalue weighted by Crippen LogP contribution is 2.32. The molecule has 1 saturated heterocycles. The van der Waals surface area contributed by atoms with Crippen molar-refractivity contribution in [2.45, 2.75) is 18.9 Å². The molecule has 1 fully saturated rings. The molecule has 1 aromatic carbocycles. The molecule has 0 bridgehead atoms. The SMILES string of the molecule is C#CCOCCNc1cccc2c1C(=O)N(C1CCC(=O)NC1=O)C2=O. The summed E-state index contributed by atoms with van der Waals surface area (Å²) in [7, 11) is 0. The molecule has 0 radical (unpaired) electrons. The third-order valence-electron chi connectivity index (χ3n) is 4.22. The molecule has 26 heavy (non-hydrogen) atoms. The molecule has 2 aliphatic heterocycles. The van der Waals surface area contributed by atoms with E-state index in [4.69, 9.17) is 11.2 Å². The van der Waals surface area contributed by atoms with Gasteiger partial charge in [0.05, 0.1) is 17.7 Å². The maximum atomic E-state index is 12.8. The van der Waals surface area contributed by atoms with Gasteiger partial charge in [0.25, 0.3) is 11.8 Å². The summed E-state index contributed by atoms with van der Waals surface area (Å²) in [5, 5.41) is 5.22. The first kappa shape index (κ1) is 17.6. The minimum absolute atomic E-state index is 0.0848. The normalized spacial score (nSPS) is 19.2. The zero-order valence-corrected chi connectivity index (χ0v) is 13.9. The minimum Gasteiger partial charge on any atom is -0.382 e. The van der Waals surface area contributed by atoms with Gasteiger partial charge in [-0.3, -0.25) is 29.4 Å². The van der Waals surface area contributed by atoms with E-state index in [-0.39, 0.29) is 30.6 Å². The number of amides is 4. The van der Waals surface area contributed by atoms with Gasteiger partial charge in [-0.25, -0.2) is 0 Å². The summed E-state index contributed by atoms with van der Waals surface area (Å²) in [6, 6.07) is 3.90. The van der Waals surface area contributed by atoms with Crippen molar-refractivity contribution in [1.29, 1.82) is 0 Å². The van der Waals surface area contributed by atoms with Crippen LogP contribution in [-0.4, -0.2) is 54.3 Å². The molecule has 3 rings (SSSR count). The molecule has 2 heterocycles. The fraction of sp³-hybridized carbons (Fsp3) is 0.333. The number of benzene rings is 1. The lowest BCUT2D eigenvalue weighted by Crippen LogP contribution is -2.54. The van der Waals surface area contributed by atoms with E-state index in [9.17, 15) is 19.2 Å². The number of imide groups is 2. The molecule has 8 heteroatoms. The number of nitrogens with zero attached hydrogens (tertiary/aromatic N) is 1. The molecular formula is C18H17N3O5. The zero-order chi connectivity index (χ0) is 18.7. The number of anilines is 1. The van der Waals surface area contributed by atoms with Gasteiger partial charge in [-0.2, -0.15) is 0 Å². The Hall–Kier alpha value is -3.18. The molecule has 1 atom stereocenters. The van der Waals surface area contributed by atoms with Gasteiger partial charge >= 0.3 is 0 Å². The molecular weight excluding hydrogens is 338 g/mol. The molecule has 1 unspecified atom stereocenters. The Bertz CT molecular complexity index is 827. The number of nitrogens with one attached hydrogen (secondary N) is 2. The summed E-state index contributed by atoms with van der Waals surface area (Å²) in [5.41, 5.74) is 0.938. The predicted octanol–water partition coefficient (Wildman–Crippen LogP) is 0.150. The smallest absolute Gasteiger partial charge is 0.264 e. The predicted molar refractivity (Wildman–Crippen MR) is 91.3 cm³/mol. The number of piperidine rings is 1. The maximum absolute atomic E-state index is 12.8. The lowest BCUT2D eigenvalue weighted by Gasteiger charge is -2.27. The molecule has 8 nitrogen and oxygen atoms in total. The summed E-state index contributed by atoms with van der Waals surface area (Å²) in [5.74, 6) is 0.232. The van der Waals surface area contributed by atoms with Crippen LogP contribution < -0.4 is 10.6 Å². The van der Waals surface area contributed by atoms with Crippen LogP contribution in [0.15, 0.2) is 18.2 Å². The van der Waals surface area contributed by atoms with E-state index < -0.39 is 29.7 Å². The van der Waals surface area contributed by atoms with Crippen LogP contribution in [0.25, 0.3) is 0 Å². The third-order valence-corrected chi connectivity index (χ3v) is 4.22. The van der Waals surface area contributed by atoms with E-state index >= 15 is 0 Å². The van der Waals surface area contributed by atoms with Crippen molar-refractivity contribution in [3.05, 3.63) is 29.3 Å². The van der Waals surface area contributed by atoms with Crippen molar-refractivity contribution >= 4 is 29.3 Å². The lowest BCUT2D eigenvalue weighted by atomic mass is 10.0. The van der Waals surface area contributed by atoms with E-state index in [1.54, 1.807) is 18.2 Å². The summed E-state index contributed by atoms with van der Waals surface area (Å²) in [6.07, 6.45) is 5.31. The number of terminal acetylenes is 1. The van der Waals surface area contributed by atoms with Crippen LogP contribution in [0.5, 0.6) is 0 Å². The maximum Gasteiger partial charge on any atom is 0.264 e. The third kappa shape index (κ3) is 3.17. The first-order valence-corrected chi connectivity index (χ1v) is 8.14. The van der Waals surface area contributed by atoms with Gasteiger partial charge in [-0.1, -0.05) is 12.0 Å². The summed E-state index contributed by atoms with van der Waals surface area (Å²) in [6.45, 7) is 0.931. The molecule has 0 spiro atoms. The number of hydrogen-bond acceptors (Lipinski definition) is 6. The van der Waals surface area contributed by atoms with E-state index in [0.717, 1.165) is 4.90 Å². The molecule has 0 saturated carbocycles. The van der Waals surface area contributed by atoms with E-state index in [2.05, 4.69) is 16.6 Å². The Morgan fingerprint density at radius 1 is 1.27 bits per heavy atom.